The first-order chi connectivity index (χ1) is 7.27. The van der Waals surface area contributed by atoms with E-state index in [4.69, 9.17) is 0 Å². The highest BCUT2D eigenvalue weighted by Gasteiger charge is 2.33. The number of hydrogen-bond acceptors (Lipinski definition) is 2. The monoisotopic (exact) mass is 238 g/mol. The number of hydrogen-bond donors (Lipinski definition) is 1. The molecule has 0 radical (unpaired) electrons. The number of rotatable bonds is 2. The lowest BCUT2D eigenvalue weighted by molar-refractivity contribution is -0.137. The Bertz CT molecular complexity index is 385. The van der Waals surface area contributed by atoms with Crippen molar-refractivity contribution in [2.24, 2.45) is 0 Å². The third-order valence-electron chi connectivity index (χ3n) is 2.06. The van der Waals surface area contributed by atoms with Crippen molar-refractivity contribution in [3.8, 4) is 5.75 Å². The van der Waals surface area contributed by atoms with Crippen LogP contribution in [0.1, 0.15) is 24.2 Å². The number of halogens is 4. The molecule has 0 aliphatic heterocycles. The van der Waals surface area contributed by atoms with Crippen LogP contribution in [0.25, 0.3) is 0 Å². The molecule has 0 heterocycles. The van der Waals surface area contributed by atoms with E-state index in [0.717, 1.165) is 7.11 Å². The Hall–Kier alpha value is -1.30. The van der Waals surface area contributed by atoms with Gasteiger partial charge in [0.2, 0.25) is 0 Å². The van der Waals surface area contributed by atoms with Gasteiger partial charge in [0.15, 0.2) is 0 Å². The van der Waals surface area contributed by atoms with Crippen molar-refractivity contribution in [2.75, 3.05) is 7.11 Å². The van der Waals surface area contributed by atoms with Crippen molar-refractivity contribution in [1.82, 2.24) is 0 Å². The summed E-state index contributed by atoms with van der Waals surface area (Å²) in [6, 6.07) is 0.996. The molecule has 1 atom stereocenters. The van der Waals surface area contributed by atoms with E-state index in [2.05, 4.69) is 4.74 Å². The molecule has 0 saturated carbocycles. The summed E-state index contributed by atoms with van der Waals surface area (Å²) in [5.74, 6) is -1.45. The van der Waals surface area contributed by atoms with E-state index in [1.165, 1.54) is 6.92 Å². The van der Waals surface area contributed by atoms with Crippen LogP contribution in [-0.4, -0.2) is 12.2 Å². The van der Waals surface area contributed by atoms with Gasteiger partial charge in [0.05, 0.1) is 24.3 Å². The molecule has 1 aromatic rings. The van der Waals surface area contributed by atoms with Crippen LogP contribution in [0.5, 0.6) is 5.75 Å². The molecule has 16 heavy (non-hydrogen) atoms. The second-order valence-electron chi connectivity index (χ2n) is 3.25. The van der Waals surface area contributed by atoms with E-state index in [1.807, 2.05) is 0 Å². The zero-order valence-corrected chi connectivity index (χ0v) is 8.60. The Labute approximate surface area is 89.5 Å². The maximum absolute atomic E-state index is 13.3. The van der Waals surface area contributed by atoms with Gasteiger partial charge in [-0.2, -0.15) is 13.2 Å². The first-order valence-electron chi connectivity index (χ1n) is 4.40. The summed E-state index contributed by atoms with van der Waals surface area (Å²) in [5.41, 5.74) is -1.43. The molecule has 1 rings (SSSR count). The molecule has 0 saturated heterocycles. The molecule has 0 aliphatic carbocycles. The molecule has 1 aromatic carbocycles. The van der Waals surface area contributed by atoms with E-state index in [-0.39, 0.29) is 11.3 Å². The van der Waals surface area contributed by atoms with Gasteiger partial charge in [0, 0.05) is 0 Å². The summed E-state index contributed by atoms with van der Waals surface area (Å²) in [6.07, 6.45) is -5.89. The Kier molecular flexibility index (Phi) is 3.42. The summed E-state index contributed by atoms with van der Waals surface area (Å²) in [7, 11) is 1.11. The lowest BCUT2D eigenvalue weighted by Gasteiger charge is -2.15. The number of aliphatic hydroxyl groups is 1. The molecular formula is C10H10F4O2. The van der Waals surface area contributed by atoms with Crippen molar-refractivity contribution < 1.29 is 27.4 Å². The number of ether oxygens (including phenoxy) is 1. The van der Waals surface area contributed by atoms with Crippen molar-refractivity contribution in [3.05, 3.63) is 29.1 Å². The highest BCUT2D eigenvalue weighted by atomic mass is 19.4. The van der Waals surface area contributed by atoms with Crippen molar-refractivity contribution >= 4 is 0 Å². The molecular weight excluding hydrogens is 228 g/mol. The fraction of sp³-hybridized carbons (Fsp3) is 0.400. The summed E-state index contributed by atoms with van der Waals surface area (Å²) in [5, 5.41) is 9.21. The average molecular weight is 238 g/mol. The van der Waals surface area contributed by atoms with Gasteiger partial charge in [0.1, 0.15) is 11.6 Å². The number of benzene rings is 1. The molecule has 0 spiro atoms. The lowest BCUT2D eigenvalue weighted by atomic mass is 10.1. The first kappa shape index (κ1) is 12.8. The van der Waals surface area contributed by atoms with Crippen LogP contribution in [-0.2, 0) is 6.18 Å². The average Bonchev–Trinajstić information content (AvgIpc) is 2.14. The summed E-state index contributed by atoms with van der Waals surface area (Å²) in [6.45, 7) is 1.24. The van der Waals surface area contributed by atoms with E-state index in [1.54, 1.807) is 0 Å². The molecule has 90 valence electrons. The van der Waals surface area contributed by atoms with Gasteiger partial charge in [-0.3, -0.25) is 0 Å². The molecule has 1 N–H and O–H groups in total. The maximum Gasteiger partial charge on any atom is 0.416 e. The van der Waals surface area contributed by atoms with E-state index < -0.39 is 23.7 Å². The molecule has 6 heteroatoms. The standard InChI is InChI=1S/C10H10F4O2/c1-5(15)9-7(11)3-6(10(12,13)14)4-8(9)16-2/h3-5,15H,1-2H3. The SMILES string of the molecule is COc1cc(C(F)(F)F)cc(F)c1C(C)O. The highest BCUT2D eigenvalue weighted by Crippen LogP contribution is 2.36. The molecule has 0 fully saturated rings. The molecule has 0 aromatic heterocycles. The van der Waals surface area contributed by atoms with Crippen LogP contribution in [0.15, 0.2) is 12.1 Å². The second kappa shape index (κ2) is 4.29. The van der Waals surface area contributed by atoms with Gasteiger partial charge < -0.3 is 9.84 Å². The Morgan fingerprint density at radius 1 is 1.31 bits per heavy atom. The third kappa shape index (κ3) is 2.44. The Balaban J connectivity index is 3.38. The third-order valence-corrected chi connectivity index (χ3v) is 2.06. The highest BCUT2D eigenvalue weighted by molar-refractivity contribution is 5.41. The Morgan fingerprint density at radius 2 is 1.88 bits per heavy atom. The normalized spacial score (nSPS) is 13.7. The van der Waals surface area contributed by atoms with Gasteiger partial charge in [-0.1, -0.05) is 0 Å². The number of methoxy groups -OCH3 is 1. The largest absolute Gasteiger partial charge is 0.496 e. The minimum atomic E-state index is -4.65. The summed E-state index contributed by atoms with van der Waals surface area (Å²) < 4.78 is 55.0. The second-order valence-corrected chi connectivity index (χ2v) is 3.25. The minimum absolute atomic E-state index is 0.282. The van der Waals surface area contributed by atoms with Crippen molar-refractivity contribution in [2.45, 2.75) is 19.2 Å². The van der Waals surface area contributed by atoms with Gasteiger partial charge in [-0.05, 0) is 19.1 Å². The quantitative estimate of drug-likeness (QED) is 0.803. The van der Waals surface area contributed by atoms with E-state index in [0.29, 0.717) is 12.1 Å². The van der Waals surface area contributed by atoms with Crippen LogP contribution >= 0.6 is 0 Å². The fourth-order valence-corrected chi connectivity index (χ4v) is 1.33. The summed E-state index contributed by atoms with van der Waals surface area (Å²) >= 11 is 0. The van der Waals surface area contributed by atoms with Gasteiger partial charge in [0.25, 0.3) is 0 Å². The smallest absolute Gasteiger partial charge is 0.416 e. The van der Waals surface area contributed by atoms with Crippen LogP contribution in [0.2, 0.25) is 0 Å². The van der Waals surface area contributed by atoms with E-state index >= 15 is 0 Å². The molecule has 2 nitrogen and oxygen atoms in total. The fourth-order valence-electron chi connectivity index (χ4n) is 1.33. The van der Waals surface area contributed by atoms with Gasteiger partial charge in [-0.15, -0.1) is 0 Å². The molecule has 0 bridgehead atoms. The van der Waals surface area contributed by atoms with E-state index in [9.17, 15) is 22.7 Å². The van der Waals surface area contributed by atoms with Gasteiger partial charge >= 0.3 is 6.18 Å². The van der Waals surface area contributed by atoms with Crippen LogP contribution in [0, 0.1) is 5.82 Å². The zero-order valence-electron chi connectivity index (χ0n) is 8.60. The summed E-state index contributed by atoms with van der Waals surface area (Å²) in [4.78, 5) is 0. The lowest BCUT2D eigenvalue weighted by Crippen LogP contribution is -2.09. The first-order valence-corrected chi connectivity index (χ1v) is 4.40. The predicted molar refractivity (Wildman–Crippen MR) is 48.6 cm³/mol. The minimum Gasteiger partial charge on any atom is -0.496 e. The maximum atomic E-state index is 13.3. The number of alkyl halides is 3. The van der Waals surface area contributed by atoms with Gasteiger partial charge in [-0.25, -0.2) is 4.39 Å². The molecule has 0 aliphatic rings. The van der Waals surface area contributed by atoms with Crippen LogP contribution in [0.4, 0.5) is 17.6 Å². The van der Waals surface area contributed by atoms with Crippen molar-refractivity contribution in [1.29, 1.82) is 0 Å². The van der Waals surface area contributed by atoms with Crippen LogP contribution in [0.3, 0.4) is 0 Å². The Morgan fingerprint density at radius 3 is 2.25 bits per heavy atom. The van der Waals surface area contributed by atoms with Crippen molar-refractivity contribution in [3.63, 3.8) is 0 Å². The molecule has 1 unspecified atom stereocenters. The topological polar surface area (TPSA) is 29.5 Å². The predicted octanol–water partition coefficient (Wildman–Crippen LogP) is 2.91. The zero-order chi connectivity index (χ0) is 12.5. The van der Waals surface area contributed by atoms with Crippen LogP contribution < -0.4 is 4.74 Å². The number of aliphatic hydroxyl groups excluding tert-OH is 1. The molecule has 0 amide bonds.